The number of rotatable bonds is 41. The first-order valence-corrected chi connectivity index (χ1v) is 47.3. The number of guanidine groups is 1. The lowest BCUT2D eigenvalue weighted by Crippen LogP contribution is -2.64. The van der Waals surface area contributed by atoms with E-state index in [9.17, 15) is 96.4 Å². The van der Waals surface area contributed by atoms with Gasteiger partial charge in [-0.1, -0.05) is 36.5 Å². The second-order valence-corrected chi connectivity index (χ2v) is 37.3. The van der Waals surface area contributed by atoms with Crippen molar-refractivity contribution in [2.24, 2.45) is 132 Å². The average molecular weight is 2030 g/mol. The molecule has 0 aromatic carbocycles. The smallest absolute Gasteiger partial charge is 0.187 e. The van der Waals surface area contributed by atoms with E-state index in [1.807, 2.05) is 0 Å². The maximum atomic E-state index is 13.0. The fourth-order valence-corrected chi connectivity index (χ4v) is 19.0. The number of hydrogen-bond donors (Lipinski definition) is 36. The van der Waals surface area contributed by atoms with Gasteiger partial charge in [-0.15, -0.1) is 0 Å². The van der Waals surface area contributed by atoms with Crippen molar-refractivity contribution in [1.29, 1.82) is 0 Å². The Morgan fingerprint density at radius 2 is 0.636 bits per heavy atom. The minimum Gasteiger partial charge on any atom is -0.394 e. The Labute approximate surface area is 807 Å². The van der Waals surface area contributed by atoms with Crippen LogP contribution < -0.4 is 109 Å². The van der Waals surface area contributed by atoms with Gasteiger partial charge >= 0.3 is 0 Å². The highest BCUT2D eigenvalue weighted by Gasteiger charge is 2.60. The molecule has 0 amide bonds. The molecule has 12 aliphatic rings. The van der Waals surface area contributed by atoms with Crippen molar-refractivity contribution < 1.29 is 182 Å². The number of aliphatic hydroxyl groups is 17. The lowest BCUT2D eigenvalue weighted by atomic mass is 9.76. The van der Waals surface area contributed by atoms with Crippen molar-refractivity contribution >= 4 is 17.5 Å². The van der Waals surface area contributed by atoms with Gasteiger partial charge in [-0.2, -0.15) is 0 Å². The van der Waals surface area contributed by atoms with Crippen LogP contribution in [0.4, 0.5) is 0 Å². The third-order valence-electron chi connectivity index (χ3n) is 27.2. The molecule has 810 valence electrons. The molecule has 12 rings (SSSR count). The summed E-state index contributed by atoms with van der Waals surface area (Å²) in [6.07, 6.45) is -39.1. The van der Waals surface area contributed by atoms with Gasteiger partial charge in [-0.25, -0.2) is 0 Å². The molecule has 0 spiro atoms. The van der Waals surface area contributed by atoms with Gasteiger partial charge in [0.05, 0.1) is 98.8 Å². The molecular formula is C83H156N20O37. The zero-order valence-corrected chi connectivity index (χ0v) is 77.6. The zero-order valence-electron chi connectivity index (χ0n) is 77.6. The molecule has 53 atom stereocenters. The number of nitrogens with two attached hydrogens (primary N) is 19. The van der Waals surface area contributed by atoms with E-state index >= 15 is 0 Å². The van der Waals surface area contributed by atoms with Crippen LogP contribution in [-0.2, 0) is 94.9 Å². The number of aliphatic hydroxyl groups excluding tert-OH is 17. The summed E-state index contributed by atoms with van der Waals surface area (Å²) >= 11 is 0. The van der Waals surface area contributed by atoms with Gasteiger partial charge < -0.3 is 281 Å². The Balaban J connectivity index is 0.000000217. The van der Waals surface area contributed by atoms with E-state index in [0.29, 0.717) is 19.3 Å². The predicted molar refractivity (Wildman–Crippen MR) is 482 cm³/mol. The Bertz CT molecular complexity index is 3820. The van der Waals surface area contributed by atoms with Crippen molar-refractivity contribution in [3.63, 3.8) is 0 Å². The van der Waals surface area contributed by atoms with Crippen LogP contribution in [0, 0.1) is 17.8 Å². The van der Waals surface area contributed by atoms with E-state index in [4.69, 9.17) is 194 Å². The standard InChI is InChI=1S/C29H54N8O13.C27H50N6O12.C27H52N6O12/c30-7-11-1-2-12(32)26(45-11)48-23-13(33)5-10(6-15(40)14(39)3-4-37-29(35)36)19(41)25(23)50-28-22(44)24(17(9-38)47-28)49-27-18(34)21(43)20(42)16(8-31)46-27;28-4-3-11(35)5-10-6-14(32)22(43-25-13(31)2-1-12(7-29)40-25)24(18(10)36)45-27-21(39)23(16(9-34)42-27)44-26-17(33)20(38)19(37)15(8-30)41-26;28-6-11(35)2-1-10-5-14(32)22(43-25-13(31)4-3-12(7-29)40-25)24(18(10)36)45-27-21(39)23(16(9-34)42-27)44-26-17(33)20(38)19(37)15(8-30)41-26/h1-2,10-14,16-28,38-39,41-44H,3-9,30-34H2,(H4,35,36,37);1-2,10,12-27,34,36-39H,3-9,28-33H2;3-4,10-27,34-39H,1-2,5-9,28-33H2/t10-,11-,12+,13-,14-,16-,17+,18+,19-,20+,21+,22+,23+,24+,25+,26+,27+,28-;10-,12+,13-,14+,15+,16-,17-,18+,19-,20-,21-,22-,23-,24-,25-,26-,27+;10-,11?,12+,13-,14+,15+,16-,17-,18+,19-,20-,21-,22-,23-,24-,25-,26-,27+/m011/s1. The van der Waals surface area contributed by atoms with Crippen molar-refractivity contribution in [1.82, 2.24) is 0 Å². The minimum absolute atomic E-state index is 0.00109. The normalized spacial score (nSPS) is 46.4. The molecule has 57 nitrogen and oxygen atoms in total. The summed E-state index contributed by atoms with van der Waals surface area (Å²) in [6.45, 7) is -1.74. The van der Waals surface area contributed by atoms with Crippen LogP contribution >= 0.6 is 0 Å². The Kier molecular flexibility index (Phi) is 46.0. The Hall–Kier alpha value is -4.25. The lowest BCUT2D eigenvalue weighted by Gasteiger charge is -2.46. The first kappa shape index (κ1) is 118. The van der Waals surface area contributed by atoms with Crippen LogP contribution in [0.5, 0.6) is 0 Å². The molecule has 140 heavy (non-hydrogen) atoms. The van der Waals surface area contributed by atoms with E-state index in [1.165, 1.54) is 0 Å². The monoisotopic (exact) mass is 2030 g/mol. The molecule has 9 aliphatic heterocycles. The molecule has 0 radical (unpaired) electrons. The van der Waals surface area contributed by atoms with Crippen LogP contribution in [-0.4, -0.2) is 489 Å². The summed E-state index contributed by atoms with van der Waals surface area (Å²) in [5.74, 6) is -2.91. The first-order valence-electron chi connectivity index (χ1n) is 47.3. The quantitative estimate of drug-likeness (QED) is 0.0154. The number of ketones is 2. The van der Waals surface area contributed by atoms with Gasteiger partial charge in [-0.3, -0.25) is 14.6 Å². The number of ether oxygens (including phenoxy) is 18. The maximum absolute atomic E-state index is 13.0. The molecule has 1 unspecified atom stereocenters. The number of aliphatic imine (C=N–C) groups is 1. The van der Waals surface area contributed by atoms with Crippen LogP contribution in [0.25, 0.3) is 0 Å². The predicted octanol–water partition coefficient (Wildman–Crippen LogP) is -20.9. The summed E-state index contributed by atoms with van der Waals surface area (Å²) in [6, 6.07) is -8.22. The highest BCUT2D eigenvalue weighted by Crippen LogP contribution is 2.43. The second kappa shape index (κ2) is 54.8. The van der Waals surface area contributed by atoms with E-state index in [0.717, 1.165) is 0 Å². The summed E-state index contributed by atoms with van der Waals surface area (Å²) in [7, 11) is 0. The van der Waals surface area contributed by atoms with Gasteiger partial charge in [0.25, 0.3) is 0 Å². The SMILES string of the molecule is NCC(O)CC[C@@H]1C[C@H](N)[C@@H](O[C@H]2O[C@H](CN)C=C[C@H]2N)[C@H](O[C@@H]2O[C@H](CO)[C@@H](O[C@H]3O[C@@H](CN)[C@@H](O)[C@H](O)[C@H]3N)[C@H]2O)[C@H]1O.NCCC(=O)C[C@@H]1C[C@H](N)[C@@H](O[C@H]2O[C@H](CN)C=C[C@H]2N)[C@H](O[C@@H]2O[C@H](CO)[C@@H](O[C@H]3O[C@@H](CN)[C@@H](O)[C@H](O)[C@H]3N)[C@H]2O)[C@H]1O.NC[C@@H]1O[C@H](O[C@H]2[C@@H](O)[C@H](O[C@@H]3[C@@H](O)[C@H](CC(=O)[C@@H](O)CCN=C(N)N)C[C@H](N)[C@H]3O[C@H]3O[C@H](CN)C=C[C@H]3N)O[C@@H]2CO)[C@H](N)[C@@H](O)[C@@H]1O. The number of hydrogen-bond acceptors (Lipinski definition) is 55. The fourth-order valence-electron chi connectivity index (χ4n) is 19.0. The van der Waals surface area contributed by atoms with E-state index < -0.39 is 350 Å². The molecule has 9 heterocycles. The number of carbonyl (C=O) groups is 2. The summed E-state index contributed by atoms with van der Waals surface area (Å²) in [5, 5.41) is 181. The van der Waals surface area contributed by atoms with Crippen molar-refractivity contribution in [3.05, 3.63) is 36.5 Å². The Morgan fingerprint density at radius 3 is 0.936 bits per heavy atom. The van der Waals surface area contributed by atoms with Gasteiger partial charge in [0.15, 0.2) is 68.4 Å². The first-order chi connectivity index (χ1) is 66.6. The molecule has 9 fully saturated rings. The van der Waals surface area contributed by atoms with E-state index in [1.54, 1.807) is 36.5 Å². The lowest BCUT2D eigenvalue weighted by molar-refractivity contribution is -0.286. The zero-order chi connectivity index (χ0) is 103. The van der Waals surface area contributed by atoms with Gasteiger partial charge in [0.2, 0.25) is 0 Å². The highest BCUT2D eigenvalue weighted by atomic mass is 16.8. The highest BCUT2D eigenvalue weighted by molar-refractivity contribution is 5.83. The number of Topliss-reactive ketones (excluding diaryl/α,β-unsaturated/α-hetero) is 2. The molecule has 0 aromatic rings. The molecule has 0 aromatic heterocycles. The average Bonchev–Trinajstić information content (AvgIpc) is 1.56. The largest absolute Gasteiger partial charge is 0.394 e. The van der Waals surface area contributed by atoms with Gasteiger partial charge in [-0.05, 0) is 56.4 Å². The van der Waals surface area contributed by atoms with Crippen LogP contribution in [0.1, 0.15) is 57.8 Å². The van der Waals surface area contributed by atoms with Crippen LogP contribution in [0.3, 0.4) is 0 Å². The van der Waals surface area contributed by atoms with Crippen molar-refractivity contribution in [3.8, 4) is 0 Å². The molecule has 3 saturated carbocycles. The van der Waals surface area contributed by atoms with Crippen molar-refractivity contribution in [2.75, 3.05) is 78.7 Å². The van der Waals surface area contributed by atoms with Crippen LogP contribution in [0.2, 0.25) is 0 Å². The Morgan fingerprint density at radius 1 is 0.336 bits per heavy atom. The molecule has 55 N–H and O–H groups in total. The fraction of sp³-hybridized carbons (Fsp3) is 0.892. The van der Waals surface area contributed by atoms with Crippen LogP contribution in [0.15, 0.2) is 41.4 Å². The van der Waals surface area contributed by atoms with Crippen molar-refractivity contribution in [2.45, 2.75) is 364 Å². The van der Waals surface area contributed by atoms with Gasteiger partial charge in [0.1, 0.15) is 158 Å². The third-order valence-corrected chi connectivity index (χ3v) is 27.2. The minimum atomic E-state index is -1.65. The van der Waals surface area contributed by atoms with E-state index in [-0.39, 0.29) is 109 Å². The maximum Gasteiger partial charge on any atom is 0.187 e. The summed E-state index contributed by atoms with van der Waals surface area (Å²) in [4.78, 5) is 29.2. The van der Waals surface area contributed by atoms with E-state index in [2.05, 4.69) is 4.99 Å². The molecular weight excluding hydrogens is 1870 g/mol. The molecule has 57 heteroatoms. The topological polar surface area (TPSA) is 1050 Å². The number of nitrogens with zero attached hydrogens (tertiary/aromatic N) is 1. The van der Waals surface area contributed by atoms with Gasteiger partial charge in [0, 0.05) is 96.2 Å². The third kappa shape index (κ3) is 29.1. The second-order valence-electron chi connectivity index (χ2n) is 37.3. The summed E-state index contributed by atoms with van der Waals surface area (Å²) < 4.78 is 107. The molecule has 0 bridgehead atoms. The number of carbonyl (C=O) groups excluding carboxylic acids is 2. The molecule has 6 saturated heterocycles. The summed E-state index contributed by atoms with van der Waals surface area (Å²) in [5.41, 5.74) is 112. The molecule has 3 aliphatic carbocycles.